The molecule has 1 heterocycles. The van der Waals surface area contributed by atoms with Crippen molar-refractivity contribution in [1.82, 2.24) is 0 Å². The second kappa shape index (κ2) is 12.0. The predicted octanol–water partition coefficient (Wildman–Crippen LogP) is 3.75. The van der Waals surface area contributed by atoms with Crippen LogP contribution in [0.2, 0.25) is 0 Å². The molecule has 1 aromatic carbocycles. The number of ketones is 1. The molecule has 9 nitrogen and oxygen atoms in total. The lowest BCUT2D eigenvalue weighted by molar-refractivity contribution is -0.313. The molecule has 5 aliphatic rings. The van der Waals surface area contributed by atoms with Gasteiger partial charge in [0.25, 0.3) is 0 Å². The number of hydrogen-bond donors (Lipinski definition) is 4. The summed E-state index contributed by atoms with van der Waals surface area (Å²) >= 11 is 0. The first kappa shape index (κ1) is 32.0. The van der Waals surface area contributed by atoms with Gasteiger partial charge in [-0.05, 0) is 105 Å². The van der Waals surface area contributed by atoms with Crippen LogP contribution in [0.3, 0.4) is 0 Å². The molecule has 244 valence electrons. The van der Waals surface area contributed by atoms with E-state index in [9.17, 15) is 25.2 Å². The van der Waals surface area contributed by atoms with Crippen LogP contribution in [-0.2, 0) is 14.3 Å². The number of methoxy groups -OCH3 is 2. The highest BCUT2D eigenvalue weighted by atomic mass is 16.7. The Bertz CT molecular complexity index is 1260. The number of carbonyl (C=O) groups is 1. The Morgan fingerprint density at radius 2 is 1.80 bits per heavy atom. The molecule has 13 atom stereocenters. The lowest BCUT2D eigenvalue weighted by Crippen LogP contribution is -2.60. The van der Waals surface area contributed by atoms with Crippen LogP contribution < -0.4 is 9.47 Å². The van der Waals surface area contributed by atoms with E-state index in [0.29, 0.717) is 17.8 Å². The number of allylic oxidation sites excluding steroid dienone is 1. The second-order valence-electron chi connectivity index (χ2n) is 14.5. The Morgan fingerprint density at radius 3 is 2.48 bits per heavy atom. The van der Waals surface area contributed by atoms with Crippen molar-refractivity contribution in [2.75, 3.05) is 20.8 Å². The van der Waals surface area contributed by atoms with Gasteiger partial charge in [0.2, 0.25) is 0 Å². The number of hydrogen-bond acceptors (Lipinski definition) is 9. The van der Waals surface area contributed by atoms with Crippen molar-refractivity contribution in [1.29, 1.82) is 0 Å². The van der Waals surface area contributed by atoms with Gasteiger partial charge >= 0.3 is 0 Å². The molecule has 0 bridgehead atoms. The average Bonchev–Trinajstić information content (AvgIpc) is 3.34. The maximum Gasteiger partial charge on any atom is 0.186 e. The van der Waals surface area contributed by atoms with Crippen molar-refractivity contribution in [2.45, 2.75) is 108 Å². The summed E-state index contributed by atoms with van der Waals surface area (Å²) in [5.74, 6) is 3.25. The van der Waals surface area contributed by atoms with Gasteiger partial charge in [-0.2, -0.15) is 0 Å². The molecule has 0 aromatic heterocycles. The minimum Gasteiger partial charge on any atom is -0.497 e. The number of aliphatic hydroxyl groups excluding tert-OH is 4. The minimum absolute atomic E-state index is 0.0248. The number of benzene rings is 1. The topological polar surface area (TPSA) is 135 Å². The molecule has 0 spiro atoms. The minimum atomic E-state index is -1.45. The van der Waals surface area contributed by atoms with E-state index in [0.717, 1.165) is 62.0 Å². The standard InChI is InChI=1S/C35H50O9/c1-18(37)29-24(23-15-20(41-4)7-9-27(23)42-5)16-26-22-8-6-19-14-21(10-12-34(19,2)25(22)11-13-35(26,29)3)43-33-32(40)31(39)30(38)28(17-36)44-33/h6-7,9,15,21-22,24-26,28-33,36,38-40H,8,10-14,16-17H2,1-5H3/t21-,22+,24-,25-,26-,28+,29-,30+,31-,32-,33+,34-,35-/m0/s1. The first-order valence-corrected chi connectivity index (χ1v) is 16.3. The molecular formula is C35H50O9. The van der Waals surface area contributed by atoms with Crippen molar-refractivity contribution in [2.24, 2.45) is 34.5 Å². The van der Waals surface area contributed by atoms with Crippen LogP contribution in [-0.4, -0.2) is 83.8 Å². The first-order chi connectivity index (χ1) is 21.0. The largest absolute Gasteiger partial charge is 0.497 e. The third-order valence-corrected chi connectivity index (χ3v) is 12.6. The van der Waals surface area contributed by atoms with Crippen molar-refractivity contribution >= 4 is 5.78 Å². The Labute approximate surface area is 260 Å². The van der Waals surface area contributed by atoms with Gasteiger partial charge in [-0.25, -0.2) is 0 Å². The molecule has 0 amide bonds. The van der Waals surface area contributed by atoms with Crippen LogP contribution in [0.4, 0.5) is 0 Å². The van der Waals surface area contributed by atoms with Crippen LogP contribution in [0.15, 0.2) is 29.8 Å². The fraction of sp³-hybridized carbons (Fsp3) is 0.743. The molecule has 6 rings (SSSR count). The van der Waals surface area contributed by atoms with Gasteiger partial charge in [0.1, 0.15) is 41.7 Å². The Kier molecular flexibility index (Phi) is 8.70. The fourth-order valence-electron chi connectivity index (χ4n) is 10.3. The highest BCUT2D eigenvalue weighted by Gasteiger charge is 2.62. The highest BCUT2D eigenvalue weighted by Crippen LogP contribution is 2.69. The molecular weight excluding hydrogens is 564 g/mol. The zero-order valence-corrected chi connectivity index (χ0v) is 26.6. The normalized spacial score (nSPS) is 45.0. The summed E-state index contributed by atoms with van der Waals surface area (Å²) in [5.41, 5.74) is 2.40. The number of Topliss-reactive ketones (excluding diaryl/α,β-unsaturated/α-hetero) is 1. The monoisotopic (exact) mass is 614 g/mol. The zero-order chi connectivity index (χ0) is 31.6. The van der Waals surface area contributed by atoms with Gasteiger partial charge in [-0.15, -0.1) is 0 Å². The zero-order valence-electron chi connectivity index (χ0n) is 26.6. The van der Waals surface area contributed by atoms with E-state index in [1.807, 2.05) is 12.1 Å². The SMILES string of the molecule is COc1ccc(OC)c([C@@H]2C[C@H]3[C@@H]4CC=C5C[C@@H](O[C@@H]6O[C@H](CO)[C@@H](O)[C@H](O)[C@@H]6O)CC[C@]5(C)[C@H]4CC[C@]3(C)[C@H]2C(C)=O)c1. The van der Waals surface area contributed by atoms with E-state index in [2.05, 4.69) is 26.0 Å². The maximum atomic E-state index is 13.4. The molecule has 1 aromatic rings. The van der Waals surface area contributed by atoms with E-state index >= 15 is 0 Å². The van der Waals surface area contributed by atoms with E-state index in [4.69, 9.17) is 18.9 Å². The van der Waals surface area contributed by atoms with Gasteiger partial charge in [-0.1, -0.05) is 25.5 Å². The van der Waals surface area contributed by atoms with E-state index in [-0.39, 0.29) is 34.6 Å². The number of ether oxygens (including phenoxy) is 4. The molecule has 4 N–H and O–H groups in total. The van der Waals surface area contributed by atoms with E-state index in [1.165, 1.54) is 5.57 Å². The quantitative estimate of drug-likeness (QED) is 0.339. The van der Waals surface area contributed by atoms with Gasteiger partial charge in [-0.3, -0.25) is 4.79 Å². The average molecular weight is 615 g/mol. The number of aliphatic hydroxyl groups is 4. The van der Waals surface area contributed by atoms with E-state index < -0.39 is 37.3 Å². The van der Waals surface area contributed by atoms with Crippen LogP contribution in [0, 0.1) is 34.5 Å². The predicted molar refractivity (Wildman–Crippen MR) is 162 cm³/mol. The number of rotatable bonds is 7. The lowest BCUT2D eigenvalue weighted by atomic mass is 9.47. The molecule has 9 heteroatoms. The third kappa shape index (κ3) is 5.03. The van der Waals surface area contributed by atoms with Crippen molar-refractivity contribution < 1.29 is 44.2 Å². The number of carbonyl (C=O) groups excluding carboxylic acids is 1. The third-order valence-electron chi connectivity index (χ3n) is 12.6. The van der Waals surface area contributed by atoms with Crippen molar-refractivity contribution in [3.8, 4) is 11.5 Å². The Hall–Kier alpha value is -2.01. The summed E-state index contributed by atoms with van der Waals surface area (Å²) in [4.78, 5) is 13.4. The lowest BCUT2D eigenvalue weighted by Gasteiger charge is -2.58. The van der Waals surface area contributed by atoms with Crippen molar-refractivity contribution in [3.63, 3.8) is 0 Å². The summed E-state index contributed by atoms with van der Waals surface area (Å²) < 4.78 is 23.2. The van der Waals surface area contributed by atoms with Gasteiger partial charge < -0.3 is 39.4 Å². The first-order valence-electron chi connectivity index (χ1n) is 16.3. The van der Waals surface area contributed by atoms with Crippen LogP contribution in [0.1, 0.15) is 77.2 Å². The van der Waals surface area contributed by atoms with E-state index in [1.54, 1.807) is 21.1 Å². The molecule has 1 saturated heterocycles. The molecule has 4 aliphatic carbocycles. The second-order valence-corrected chi connectivity index (χ2v) is 14.5. The summed E-state index contributed by atoms with van der Waals surface area (Å²) in [6.07, 6.45) is 2.34. The van der Waals surface area contributed by atoms with Gasteiger partial charge in [0, 0.05) is 11.5 Å². The Morgan fingerprint density at radius 1 is 1.02 bits per heavy atom. The molecule has 0 unspecified atom stereocenters. The summed E-state index contributed by atoms with van der Waals surface area (Å²) in [6.45, 7) is 6.06. The van der Waals surface area contributed by atoms with Gasteiger partial charge in [0.15, 0.2) is 6.29 Å². The summed E-state index contributed by atoms with van der Waals surface area (Å²) in [7, 11) is 3.37. The molecule has 3 saturated carbocycles. The van der Waals surface area contributed by atoms with Crippen LogP contribution in [0.5, 0.6) is 11.5 Å². The van der Waals surface area contributed by atoms with Gasteiger partial charge in [0.05, 0.1) is 26.9 Å². The molecule has 4 fully saturated rings. The molecule has 1 aliphatic heterocycles. The smallest absolute Gasteiger partial charge is 0.186 e. The molecule has 44 heavy (non-hydrogen) atoms. The van der Waals surface area contributed by atoms with Crippen molar-refractivity contribution in [3.05, 3.63) is 35.4 Å². The highest BCUT2D eigenvalue weighted by molar-refractivity contribution is 5.81. The van der Waals surface area contributed by atoms with Crippen LogP contribution >= 0.6 is 0 Å². The maximum absolute atomic E-state index is 13.4. The number of fused-ring (bicyclic) bond motifs is 5. The van der Waals surface area contributed by atoms with Crippen LogP contribution in [0.25, 0.3) is 0 Å². The Balaban J connectivity index is 1.24. The summed E-state index contributed by atoms with van der Waals surface area (Å²) in [5, 5.41) is 40.5. The molecule has 0 radical (unpaired) electrons. The summed E-state index contributed by atoms with van der Waals surface area (Å²) in [6, 6.07) is 5.94. The fourth-order valence-corrected chi connectivity index (χ4v) is 10.3.